The van der Waals surface area contributed by atoms with Crippen molar-refractivity contribution in [1.82, 2.24) is 0 Å². The molecule has 2 nitrogen and oxygen atoms in total. The van der Waals surface area contributed by atoms with E-state index in [0.717, 1.165) is 24.2 Å². The summed E-state index contributed by atoms with van der Waals surface area (Å²) >= 11 is 11.1. The van der Waals surface area contributed by atoms with Crippen molar-refractivity contribution < 1.29 is 9.18 Å². The second kappa shape index (κ2) is 13.3. The number of carbonyl (C=O) groups is 1. The Kier molecular flexibility index (Phi) is 12.4. The van der Waals surface area contributed by atoms with Crippen molar-refractivity contribution in [3.05, 3.63) is 70.2 Å². The van der Waals surface area contributed by atoms with E-state index >= 15 is 0 Å². The number of benzene rings is 2. The summed E-state index contributed by atoms with van der Waals surface area (Å²) in [4.78, 5) is 10.1. The number of hydrogen-bond donors (Lipinski definition) is 1. The lowest BCUT2D eigenvalue weighted by Crippen LogP contribution is -1.77. The number of halogens is 3. The predicted octanol–water partition coefficient (Wildman–Crippen LogP) is 5.19. The van der Waals surface area contributed by atoms with Gasteiger partial charge in [0, 0.05) is 10.6 Å². The van der Waals surface area contributed by atoms with Crippen molar-refractivity contribution in [3.8, 4) is 0 Å². The van der Waals surface area contributed by atoms with Crippen LogP contribution in [0.5, 0.6) is 0 Å². The second-order valence-electron chi connectivity index (χ2n) is 4.11. The van der Waals surface area contributed by atoms with Crippen molar-refractivity contribution in [2.24, 2.45) is 5.73 Å². The van der Waals surface area contributed by atoms with Crippen LogP contribution in [0, 0.1) is 0 Å². The van der Waals surface area contributed by atoms with Crippen molar-refractivity contribution in [2.75, 3.05) is 7.05 Å². The third-order valence-electron chi connectivity index (χ3n) is 2.27. The maximum atomic E-state index is 11.1. The standard InChI is InChI=1S/C7H5ClO.C6H5Cl.C3H5F.CH5N/c8-7-4-2-1-3-6(7)5-9;7-6-4-2-1-3-5-6;4-3-1-2-3;1-2/h1-5H;1-5H;3H,1-2H2;2H2,1H3. The lowest BCUT2D eigenvalue weighted by Gasteiger charge is -1.90. The lowest BCUT2D eigenvalue weighted by molar-refractivity contribution is 0.112. The molecule has 22 heavy (non-hydrogen) atoms. The molecule has 2 aromatic carbocycles. The van der Waals surface area contributed by atoms with E-state index in [9.17, 15) is 9.18 Å². The van der Waals surface area contributed by atoms with Crippen LogP contribution in [-0.4, -0.2) is 19.5 Å². The maximum Gasteiger partial charge on any atom is 0.151 e. The van der Waals surface area contributed by atoms with Gasteiger partial charge < -0.3 is 5.73 Å². The molecule has 0 aliphatic heterocycles. The van der Waals surface area contributed by atoms with Crippen LogP contribution in [-0.2, 0) is 0 Å². The van der Waals surface area contributed by atoms with E-state index in [2.05, 4.69) is 5.73 Å². The highest BCUT2D eigenvalue weighted by atomic mass is 35.5. The zero-order valence-corrected chi connectivity index (χ0v) is 13.9. The molecule has 0 radical (unpaired) electrons. The summed E-state index contributed by atoms with van der Waals surface area (Å²) in [7, 11) is 1.50. The van der Waals surface area contributed by atoms with Gasteiger partial charge in [-0.1, -0.05) is 59.6 Å². The van der Waals surface area contributed by atoms with Gasteiger partial charge in [0.2, 0.25) is 0 Å². The minimum atomic E-state index is -0.417. The summed E-state index contributed by atoms with van der Waals surface area (Å²) in [5.41, 5.74) is 5.04. The first-order chi connectivity index (χ1) is 10.6. The zero-order valence-electron chi connectivity index (χ0n) is 12.4. The molecule has 1 aliphatic rings. The molecule has 2 aromatic rings. The van der Waals surface area contributed by atoms with Gasteiger partial charge in [0.05, 0.1) is 5.02 Å². The van der Waals surface area contributed by atoms with Gasteiger partial charge in [-0.15, -0.1) is 0 Å². The molecule has 0 amide bonds. The first kappa shape index (κ1) is 20.6. The molecule has 0 saturated heterocycles. The average Bonchev–Trinajstić information content (AvgIpc) is 3.34. The van der Waals surface area contributed by atoms with Gasteiger partial charge in [0.25, 0.3) is 0 Å². The molecule has 0 unspecified atom stereocenters. The van der Waals surface area contributed by atoms with Crippen molar-refractivity contribution >= 4 is 29.5 Å². The Morgan fingerprint density at radius 3 is 1.73 bits per heavy atom. The molecule has 5 heteroatoms. The number of hydrogen-bond acceptors (Lipinski definition) is 2. The third kappa shape index (κ3) is 11.3. The molecule has 0 bridgehead atoms. The van der Waals surface area contributed by atoms with Crippen LogP contribution in [0.25, 0.3) is 0 Å². The Bertz CT molecular complexity index is 519. The van der Waals surface area contributed by atoms with Crippen LogP contribution in [0.1, 0.15) is 23.2 Å². The third-order valence-corrected chi connectivity index (χ3v) is 2.87. The molecule has 0 atom stereocenters. The summed E-state index contributed by atoms with van der Waals surface area (Å²) in [6.07, 6.45) is 1.96. The molecule has 120 valence electrons. The Morgan fingerprint density at radius 1 is 1.00 bits per heavy atom. The fraction of sp³-hybridized carbons (Fsp3) is 0.235. The number of carbonyl (C=O) groups excluding carboxylic acids is 1. The maximum absolute atomic E-state index is 11.1. The highest BCUT2D eigenvalue weighted by Crippen LogP contribution is 2.22. The van der Waals surface area contributed by atoms with Gasteiger partial charge in [-0.25, -0.2) is 4.39 Å². The Balaban J connectivity index is 0.000000301. The topological polar surface area (TPSA) is 43.1 Å². The predicted molar refractivity (Wildman–Crippen MR) is 92.5 cm³/mol. The van der Waals surface area contributed by atoms with Crippen LogP contribution < -0.4 is 5.73 Å². The summed E-state index contributed by atoms with van der Waals surface area (Å²) in [5, 5.41) is 1.30. The van der Waals surface area contributed by atoms with E-state index in [-0.39, 0.29) is 0 Å². The Labute approximate surface area is 141 Å². The number of aldehydes is 1. The smallest absolute Gasteiger partial charge is 0.151 e. The fourth-order valence-corrected chi connectivity index (χ4v) is 1.37. The molecule has 0 spiro atoms. The summed E-state index contributed by atoms with van der Waals surface area (Å²) in [6.45, 7) is 0. The molecule has 1 fully saturated rings. The van der Waals surface area contributed by atoms with Crippen LogP contribution in [0.3, 0.4) is 0 Å². The molecule has 1 aliphatic carbocycles. The van der Waals surface area contributed by atoms with Crippen LogP contribution in [0.4, 0.5) is 4.39 Å². The van der Waals surface area contributed by atoms with Crippen LogP contribution >= 0.6 is 23.2 Å². The summed E-state index contributed by atoms with van der Waals surface area (Å²) in [5.74, 6) is 0. The van der Waals surface area contributed by atoms with Crippen LogP contribution in [0.2, 0.25) is 10.0 Å². The lowest BCUT2D eigenvalue weighted by atomic mass is 10.2. The molecule has 3 rings (SSSR count). The minimum absolute atomic E-state index is 0.417. The molecule has 1 saturated carbocycles. The highest BCUT2D eigenvalue weighted by Gasteiger charge is 2.18. The van der Waals surface area contributed by atoms with Gasteiger partial charge in [0.15, 0.2) is 6.29 Å². The molecule has 0 heterocycles. The minimum Gasteiger partial charge on any atom is -0.333 e. The van der Waals surface area contributed by atoms with Gasteiger partial charge in [0.1, 0.15) is 6.17 Å². The van der Waals surface area contributed by atoms with Gasteiger partial charge in [-0.3, -0.25) is 4.79 Å². The van der Waals surface area contributed by atoms with E-state index in [1.807, 2.05) is 30.3 Å². The normalized spacial score (nSPS) is 11.5. The fourth-order valence-electron chi connectivity index (χ4n) is 1.05. The molecule has 0 aromatic heterocycles. The first-order valence-corrected chi connectivity index (χ1v) is 7.51. The number of alkyl halides is 1. The first-order valence-electron chi connectivity index (χ1n) is 6.75. The van der Waals surface area contributed by atoms with E-state index in [1.165, 1.54) is 7.05 Å². The van der Waals surface area contributed by atoms with E-state index in [4.69, 9.17) is 23.2 Å². The Hall–Kier alpha value is -1.42. The zero-order chi connectivity index (χ0) is 16.8. The number of rotatable bonds is 1. The summed E-state index contributed by atoms with van der Waals surface area (Å²) in [6, 6.07) is 16.4. The molecule has 2 N–H and O–H groups in total. The van der Waals surface area contributed by atoms with E-state index in [0.29, 0.717) is 10.6 Å². The summed E-state index contributed by atoms with van der Waals surface area (Å²) < 4.78 is 11.1. The van der Waals surface area contributed by atoms with Crippen LogP contribution in [0.15, 0.2) is 54.6 Å². The van der Waals surface area contributed by atoms with Gasteiger partial charge >= 0.3 is 0 Å². The van der Waals surface area contributed by atoms with Gasteiger partial charge in [-0.05, 0) is 38.1 Å². The monoisotopic (exact) mass is 343 g/mol. The Morgan fingerprint density at radius 2 is 1.45 bits per heavy atom. The second-order valence-corrected chi connectivity index (χ2v) is 4.95. The molecular formula is C17H20Cl2FNO. The van der Waals surface area contributed by atoms with E-state index < -0.39 is 6.17 Å². The van der Waals surface area contributed by atoms with E-state index in [1.54, 1.807) is 24.3 Å². The van der Waals surface area contributed by atoms with Gasteiger partial charge in [-0.2, -0.15) is 0 Å². The van der Waals surface area contributed by atoms with Crippen molar-refractivity contribution in [2.45, 2.75) is 19.0 Å². The van der Waals surface area contributed by atoms with Crippen molar-refractivity contribution in [3.63, 3.8) is 0 Å². The average molecular weight is 344 g/mol. The SMILES string of the molecule is CN.Clc1ccccc1.FC1CC1.O=Cc1ccccc1Cl. The largest absolute Gasteiger partial charge is 0.333 e. The molecular weight excluding hydrogens is 324 g/mol. The quantitative estimate of drug-likeness (QED) is 0.724. The number of nitrogens with two attached hydrogens (primary N) is 1. The highest BCUT2D eigenvalue weighted by molar-refractivity contribution is 6.32. The van der Waals surface area contributed by atoms with Crippen molar-refractivity contribution in [1.29, 1.82) is 0 Å².